The Morgan fingerprint density at radius 2 is 1.80 bits per heavy atom. The first-order chi connectivity index (χ1) is 9.20. The van der Waals surface area contributed by atoms with Crippen LogP contribution in [-0.4, -0.2) is 23.0 Å². The summed E-state index contributed by atoms with van der Waals surface area (Å²) in [6.07, 6.45) is 2.92. The van der Waals surface area contributed by atoms with Gasteiger partial charge in [-0.25, -0.2) is 4.79 Å². The van der Waals surface area contributed by atoms with Gasteiger partial charge in [0.25, 0.3) is 0 Å². The lowest BCUT2D eigenvalue weighted by Crippen LogP contribution is -2.48. The maximum Gasteiger partial charge on any atom is 0.326 e. The molecule has 0 fully saturated rings. The fraction of sp³-hybridized carbons (Fsp3) is 0.333. The fourth-order valence-corrected chi connectivity index (χ4v) is 1.62. The van der Waals surface area contributed by atoms with Crippen molar-refractivity contribution in [3.05, 3.63) is 35.9 Å². The number of aliphatic carboxylic acids is 1. The van der Waals surface area contributed by atoms with E-state index in [1.807, 2.05) is 0 Å². The number of hydrogen-bond donors (Lipinski definition) is 3. The van der Waals surface area contributed by atoms with Crippen LogP contribution in [0.5, 0.6) is 0 Å². The molecular weight excluding hydrogens is 256 g/mol. The van der Waals surface area contributed by atoms with E-state index >= 15 is 0 Å². The van der Waals surface area contributed by atoms with Gasteiger partial charge in [0.15, 0.2) is 0 Å². The van der Waals surface area contributed by atoms with Gasteiger partial charge < -0.3 is 16.2 Å². The molecule has 1 amide bonds. The quantitative estimate of drug-likeness (QED) is 0.578. The number of carboxylic acid groups (broad SMARTS) is 1. The third-order valence-electron chi connectivity index (χ3n) is 2.76. The minimum atomic E-state index is -1.05. The summed E-state index contributed by atoms with van der Waals surface area (Å²) in [5, 5.41) is 11.6. The molecule has 108 valence electrons. The van der Waals surface area contributed by atoms with Crippen LogP contribution in [0.4, 0.5) is 5.69 Å². The number of hydrogen-bond acceptors (Lipinski definition) is 3. The normalized spacial score (nSPS) is 13.2. The van der Waals surface area contributed by atoms with Crippen molar-refractivity contribution in [3.8, 4) is 0 Å². The van der Waals surface area contributed by atoms with E-state index in [0.717, 1.165) is 5.56 Å². The van der Waals surface area contributed by atoms with Crippen molar-refractivity contribution in [2.75, 3.05) is 5.73 Å². The Balaban J connectivity index is 2.71. The van der Waals surface area contributed by atoms with Crippen molar-refractivity contribution in [1.29, 1.82) is 0 Å². The van der Waals surface area contributed by atoms with Crippen LogP contribution in [0.2, 0.25) is 0 Å². The number of nitrogen functional groups attached to an aromatic ring is 1. The van der Waals surface area contributed by atoms with E-state index in [9.17, 15) is 9.59 Å². The summed E-state index contributed by atoms with van der Waals surface area (Å²) in [6.45, 7) is 5.28. The number of carboxylic acids is 1. The molecule has 0 radical (unpaired) electrons. The van der Waals surface area contributed by atoms with Crippen molar-refractivity contribution in [2.45, 2.75) is 26.8 Å². The maximum atomic E-state index is 11.8. The summed E-state index contributed by atoms with van der Waals surface area (Å²) in [7, 11) is 0. The Kier molecular flexibility index (Phi) is 4.91. The Bertz CT molecular complexity index is 513. The van der Waals surface area contributed by atoms with Gasteiger partial charge in [0.05, 0.1) is 0 Å². The number of nitrogens with one attached hydrogen (secondary N) is 1. The second-order valence-corrected chi connectivity index (χ2v) is 5.65. The smallest absolute Gasteiger partial charge is 0.326 e. The van der Waals surface area contributed by atoms with Crippen LogP contribution in [0.1, 0.15) is 26.3 Å². The van der Waals surface area contributed by atoms with E-state index in [1.165, 1.54) is 6.08 Å². The largest absolute Gasteiger partial charge is 0.480 e. The molecule has 0 aromatic heterocycles. The number of amides is 1. The van der Waals surface area contributed by atoms with Gasteiger partial charge >= 0.3 is 5.97 Å². The Labute approximate surface area is 118 Å². The molecule has 0 spiro atoms. The lowest BCUT2D eigenvalue weighted by molar-refractivity contribution is -0.144. The standard InChI is InChI=1S/C15H20N2O3/c1-15(2,3)13(14(19)20)17-12(18)9-6-10-4-7-11(16)8-5-10/h4-9,13H,16H2,1-3H3,(H,17,18)(H,19,20)/b9-6+/t13-/m0/s1. The van der Waals surface area contributed by atoms with Crippen LogP contribution in [0.25, 0.3) is 6.08 Å². The number of anilines is 1. The summed E-state index contributed by atoms with van der Waals surface area (Å²) in [4.78, 5) is 22.9. The summed E-state index contributed by atoms with van der Waals surface area (Å²) in [5.41, 5.74) is 6.46. The first-order valence-electron chi connectivity index (χ1n) is 6.27. The Morgan fingerprint density at radius 1 is 1.25 bits per heavy atom. The highest BCUT2D eigenvalue weighted by Crippen LogP contribution is 2.19. The molecule has 0 heterocycles. The monoisotopic (exact) mass is 276 g/mol. The van der Waals surface area contributed by atoms with Gasteiger partial charge in [0, 0.05) is 11.8 Å². The highest BCUT2D eigenvalue weighted by Gasteiger charge is 2.31. The zero-order chi connectivity index (χ0) is 15.3. The van der Waals surface area contributed by atoms with Gasteiger partial charge in [-0.05, 0) is 29.2 Å². The van der Waals surface area contributed by atoms with E-state index in [-0.39, 0.29) is 0 Å². The summed E-state index contributed by atoms with van der Waals surface area (Å²) < 4.78 is 0. The summed E-state index contributed by atoms with van der Waals surface area (Å²) in [6, 6.07) is 6.07. The van der Waals surface area contributed by atoms with Gasteiger partial charge in [-0.3, -0.25) is 4.79 Å². The topological polar surface area (TPSA) is 92.4 Å². The molecule has 1 atom stereocenters. The predicted molar refractivity (Wildman–Crippen MR) is 78.9 cm³/mol. The Hall–Kier alpha value is -2.30. The minimum Gasteiger partial charge on any atom is -0.480 e. The number of carbonyl (C=O) groups excluding carboxylic acids is 1. The number of nitrogens with two attached hydrogens (primary N) is 1. The van der Waals surface area contributed by atoms with E-state index in [0.29, 0.717) is 5.69 Å². The second-order valence-electron chi connectivity index (χ2n) is 5.65. The van der Waals surface area contributed by atoms with E-state index in [2.05, 4.69) is 5.32 Å². The molecule has 4 N–H and O–H groups in total. The van der Waals surface area contributed by atoms with Gasteiger partial charge in [-0.15, -0.1) is 0 Å². The van der Waals surface area contributed by atoms with Crippen molar-refractivity contribution >= 4 is 23.6 Å². The summed E-state index contributed by atoms with van der Waals surface area (Å²) in [5.74, 6) is -1.49. The number of rotatable bonds is 4. The third-order valence-corrected chi connectivity index (χ3v) is 2.76. The van der Waals surface area contributed by atoms with Crippen LogP contribution in [0.3, 0.4) is 0 Å². The van der Waals surface area contributed by atoms with E-state index < -0.39 is 23.3 Å². The van der Waals surface area contributed by atoms with Crippen LogP contribution in [0, 0.1) is 5.41 Å². The van der Waals surface area contributed by atoms with Gasteiger partial charge in [-0.2, -0.15) is 0 Å². The van der Waals surface area contributed by atoms with Crippen LogP contribution in [0.15, 0.2) is 30.3 Å². The molecule has 1 aromatic rings. The minimum absolute atomic E-state index is 0.441. The third kappa shape index (κ3) is 4.76. The first kappa shape index (κ1) is 15.8. The number of carbonyl (C=O) groups is 2. The van der Waals surface area contributed by atoms with Crippen molar-refractivity contribution in [2.24, 2.45) is 5.41 Å². The zero-order valence-corrected chi connectivity index (χ0v) is 11.9. The first-order valence-corrected chi connectivity index (χ1v) is 6.27. The lowest BCUT2D eigenvalue weighted by Gasteiger charge is -2.27. The summed E-state index contributed by atoms with van der Waals surface area (Å²) >= 11 is 0. The average molecular weight is 276 g/mol. The van der Waals surface area contributed by atoms with Gasteiger partial charge in [0.2, 0.25) is 5.91 Å². The van der Waals surface area contributed by atoms with Crippen molar-refractivity contribution < 1.29 is 14.7 Å². The number of benzene rings is 1. The molecule has 0 aliphatic heterocycles. The zero-order valence-electron chi connectivity index (χ0n) is 11.9. The van der Waals surface area contributed by atoms with Crippen LogP contribution in [-0.2, 0) is 9.59 Å². The van der Waals surface area contributed by atoms with Crippen LogP contribution >= 0.6 is 0 Å². The average Bonchev–Trinajstić information content (AvgIpc) is 2.33. The Morgan fingerprint density at radius 3 is 2.25 bits per heavy atom. The highest BCUT2D eigenvalue weighted by atomic mass is 16.4. The lowest BCUT2D eigenvalue weighted by atomic mass is 9.87. The van der Waals surface area contributed by atoms with Gasteiger partial charge in [-0.1, -0.05) is 32.9 Å². The van der Waals surface area contributed by atoms with Crippen molar-refractivity contribution in [3.63, 3.8) is 0 Å². The fourth-order valence-electron chi connectivity index (χ4n) is 1.62. The van der Waals surface area contributed by atoms with Crippen LogP contribution < -0.4 is 11.1 Å². The molecule has 0 saturated carbocycles. The van der Waals surface area contributed by atoms with E-state index in [1.54, 1.807) is 51.1 Å². The molecule has 0 saturated heterocycles. The molecular formula is C15H20N2O3. The molecule has 5 heteroatoms. The van der Waals surface area contributed by atoms with Gasteiger partial charge in [0.1, 0.15) is 6.04 Å². The molecule has 20 heavy (non-hydrogen) atoms. The molecule has 0 unspecified atom stereocenters. The predicted octanol–water partition coefficient (Wildman–Crippen LogP) is 1.90. The second kappa shape index (κ2) is 6.23. The highest BCUT2D eigenvalue weighted by molar-refractivity contribution is 5.94. The molecule has 1 aromatic carbocycles. The maximum absolute atomic E-state index is 11.8. The van der Waals surface area contributed by atoms with E-state index in [4.69, 9.17) is 10.8 Å². The molecule has 1 rings (SSSR count). The molecule has 0 aliphatic rings. The molecule has 0 bridgehead atoms. The molecule has 5 nitrogen and oxygen atoms in total. The molecule has 0 aliphatic carbocycles. The van der Waals surface area contributed by atoms with Crippen molar-refractivity contribution in [1.82, 2.24) is 5.32 Å². The SMILES string of the molecule is CC(C)(C)[C@@H](NC(=O)/C=C/c1ccc(N)cc1)C(=O)O.